The molecule has 8 rings (SSSR count). The summed E-state index contributed by atoms with van der Waals surface area (Å²) in [6, 6.07) is 8.08. The standard InChI is InChI=1S/C45H64N4O4S/c1-30(2)33-15-20-45(40-46-29-49(47-40)24-23-48-25-27-54(51,52)28-26-48)22-21-43(6)35(38(33)45)13-14-37-42(5)18-16-34(31-9-11-32(12-10-31)39(50)53-8)41(3,4)36(42)17-19-44(37,43)7/h9-12,16,29,33,35-38H,1,13-15,17-28H2,2-8H3/t33-,35+,36-,37+,38+,42-,43+,44+,45-/m0/s1. The summed E-state index contributed by atoms with van der Waals surface area (Å²) in [4.78, 5) is 19.6. The van der Waals surface area contributed by atoms with E-state index in [9.17, 15) is 13.2 Å². The average Bonchev–Trinajstić information content (AvgIpc) is 3.77. The highest BCUT2D eigenvalue weighted by molar-refractivity contribution is 7.91. The van der Waals surface area contributed by atoms with Gasteiger partial charge >= 0.3 is 5.97 Å². The summed E-state index contributed by atoms with van der Waals surface area (Å²) in [7, 11) is -1.45. The van der Waals surface area contributed by atoms with E-state index in [1.54, 1.807) is 0 Å². The molecule has 0 N–H and O–H groups in total. The van der Waals surface area contributed by atoms with Crippen molar-refractivity contribution >= 4 is 21.4 Å². The molecule has 0 amide bonds. The number of ether oxygens (including phenoxy) is 1. The van der Waals surface area contributed by atoms with Crippen LogP contribution in [0.15, 0.2) is 48.8 Å². The maximum Gasteiger partial charge on any atom is 0.337 e. The number of methoxy groups -OCH3 is 1. The van der Waals surface area contributed by atoms with E-state index in [0.717, 1.165) is 38.2 Å². The highest BCUT2D eigenvalue weighted by atomic mass is 32.2. The molecule has 0 unspecified atom stereocenters. The molecule has 5 aliphatic carbocycles. The Morgan fingerprint density at radius 1 is 0.907 bits per heavy atom. The number of hydrogen-bond donors (Lipinski definition) is 0. The Hall–Kier alpha value is -2.78. The van der Waals surface area contributed by atoms with Crippen molar-refractivity contribution in [2.24, 2.45) is 51.2 Å². The predicted molar refractivity (Wildman–Crippen MR) is 214 cm³/mol. The number of carbonyl (C=O) groups excluding carboxylic acids is 1. The fourth-order valence-electron chi connectivity index (χ4n) is 14.4. The molecule has 54 heavy (non-hydrogen) atoms. The third kappa shape index (κ3) is 5.66. The summed E-state index contributed by atoms with van der Waals surface area (Å²) in [5, 5.41) is 5.27. The van der Waals surface area contributed by atoms with E-state index in [1.165, 1.54) is 62.3 Å². The van der Waals surface area contributed by atoms with E-state index in [0.29, 0.717) is 48.2 Å². The van der Waals surface area contributed by atoms with Gasteiger partial charge in [-0.25, -0.2) is 18.2 Å². The van der Waals surface area contributed by atoms with Crippen molar-refractivity contribution in [1.29, 1.82) is 0 Å². The Morgan fingerprint density at radius 3 is 2.31 bits per heavy atom. The molecule has 2 heterocycles. The zero-order chi connectivity index (χ0) is 38.5. The molecule has 2 aromatic rings. The van der Waals surface area contributed by atoms with E-state index in [2.05, 4.69) is 71.2 Å². The monoisotopic (exact) mass is 756 g/mol. The quantitative estimate of drug-likeness (QED) is 0.207. The van der Waals surface area contributed by atoms with E-state index in [1.807, 2.05) is 23.1 Å². The predicted octanol–water partition coefficient (Wildman–Crippen LogP) is 8.40. The first-order valence-corrected chi connectivity index (χ1v) is 22.7. The number of carbonyl (C=O) groups is 1. The molecule has 294 valence electrons. The summed E-state index contributed by atoms with van der Waals surface area (Å²) < 4.78 is 31.0. The fourth-order valence-corrected chi connectivity index (χ4v) is 15.7. The van der Waals surface area contributed by atoms with Gasteiger partial charge in [-0.3, -0.25) is 9.58 Å². The van der Waals surface area contributed by atoms with Crippen LogP contribution >= 0.6 is 0 Å². The van der Waals surface area contributed by atoms with Gasteiger partial charge in [0.2, 0.25) is 0 Å². The molecule has 9 atom stereocenters. The van der Waals surface area contributed by atoms with Gasteiger partial charge in [0.05, 0.1) is 30.7 Å². The Kier molecular flexibility index (Phi) is 9.27. The van der Waals surface area contributed by atoms with Crippen LogP contribution in [0.2, 0.25) is 0 Å². The summed E-state index contributed by atoms with van der Waals surface area (Å²) in [5.41, 5.74) is 5.29. The van der Waals surface area contributed by atoms with Crippen LogP contribution in [0.25, 0.3) is 5.57 Å². The third-order valence-electron chi connectivity index (χ3n) is 17.3. The SMILES string of the molecule is C=C(C)[C@@H]1CC[C@]2(c3ncn(CCN4CCS(=O)(=O)CC4)n3)CC[C@]3(C)[C@H](CC[C@@H]4[C@@]5(C)CC=C(c6ccc(C(=O)OC)cc6)C(C)(C)[C@@H]5CC[C@]43C)[C@@H]12. The number of fused-ring (bicyclic) bond motifs is 7. The first-order valence-electron chi connectivity index (χ1n) is 20.9. The summed E-state index contributed by atoms with van der Waals surface area (Å²) >= 11 is 0. The Morgan fingerprint density at radius 2 is 1.63 bits per heavy atom. The molecule has 0 bridgehead atoms. The van der Waals surface area contributed by atoms with Gasteiger partial charge in [0.15, 0.2) is 15.7 Å². The van der Waals surface area contributed by atoms with Crippen molar-refractivity contribution < 1.29 is 17.9 Å². The van der Waals surface area contributed by atoms with Crippen molar-refractivity contribution in [3.8, 4) is 0 Å². The van der Waals surface area contributed by atoms with Crippen molar-refractivity contribution in [2.45, 2.75) is 111 Å². The van der Waals surface area contributed by atoms with Crippen molar-refractivity contribution in [3.05, 3.63) is 65.8 Å². The second kappa shape index (κ2) is 13.1. The van der Waals surface area contributed by atoms with Gasteiger partial charge < -0.3 is 4.74 Å². The first-order chi connectivity index (χ1) is 25.5. The molecule has 9 heteroatoms. The van der Waals surface area contributed by atoms with Gasteiger partial charge in [0.25, 0.3) is 0 Å². The minimum Gasteiger partial charge on any atom is -0.465 e. The molecule has 8 nitrogen and oxygen atoms in total. The van der Waals surface area contributed by atoms with Gasteiger partial charge in [0.1, 0.15) is 6.33 Å². The summed E-state index contributed by atoms with van der Waals surface area (Å²) in [6.45, 7) is 22.7. The van der Waals surface area contributed by atoms with Crippen LogP contribution in [-0.2, 0) is 26.5 Å². The molecule has 4 saturated carbocycles. The fraction of sp³-hybridized carbons (Fsp3) is 0.711. The lowest BCUT2D eigenvalue weighted by molar-refractivity contribution is -0.218. The van der Waals surface area contributed by atoms with Crippen LogP contribution < -0.4 is 0 Å². The van der Waals surface area contributed by atoms with Gasteiger partial charge in [-0.05, 0) is 139 Å². The zero-order valence-electron chi connectivity index (χ0n) is 34.0. The van der Waals surface area contributed by atoms with Gasteiger partial charge in [-0.1, -0.05) is 65.0 Å². The first kappa shape index (κ1) is 38.1. The van der Waals surface area contributed by atoms with Crippen molar-refractivity contribution in [3.63, 3.8) is 0 Å². The van der Waals surface area contributed by atoms with Crippen LogP contribution in [0.1, 0.15) is 121 Å². The summed E-state index contributed by atoms with van der Waals surface area (Å²) in [6.07, 6.45) is 15.3. The van der Waals surface area contributed by atoms with E-state index in [4.69, 9.17) is 14.8 Å². The number of aromatic nitrogens is 3. The van der Waals surface area contributed by atoms with Crippen LogP contribution in [0.5, 0.6) is 0 Å². The number of esters is 1. The van der Waals surface area contributed by atoms with Crippen LogP contribution in [0.4, 0.5) is 0 Å². The van der Waals surface area contributed by atoms with Gasteiger partial charge in [0, 0.05) is 25.0 Å². The number of hydrogen-bond acceptors (Lipinski definition) is 7. The molecule has 6 aliphatic rings. The van der Waals surface area contributed by atoms with E-state index >= 15 is 0 Å². The number of sulfone groups is 1. The molecule has 1 aliphatic heterocycles. The highest BCUT2D eigenvalue weighted by Crippen LogP contribution is 2.77. The molecule has 1 saturated heterocycles. The minimum absolute atomic E-state index is 0.0174. The topological polar surface area (TPSA) is 94.4 Å². The number of benzene rings is 1. The van der Waals surface area contributed by atoms with Gasteiger partial charge in [-0.2, -0.15) is 5.10 Å². The lowest BCUT2D eigenvalue weighted by Crippen LogP contribution is -2.65. The molecule has 1 aromatic carbocycles. The van der Waals surface area contributed by atoms with Crippen molar-refractivity contribution in [2.75, 3.05) is 38.2 Å². The molecule has 0 spiro atoms. The Balaban J connectivity index is 1.07. The normalized spacial score (nSPS) is 39.7. The van der Waals surface area contributed by atoms with Gasteiger partial charge in [-0.15, -0.1) is 0 Å². The Labute approximate surface area is 324 Å². The number of rotatable bonds is 7. The highest BCUT2D eigenvalue weighted by Gasteiger charge is 2.71. The average molecular weight is 757 g/mol. The molecule has 1 aromatic heterocycles. The minimum atomic E-state index is -2.89. The smallest absolute Gasteiger partial charge is 0.337 e. The molecule has 5 fully saturated rings. The largest absolute Gasteiger partial charge is 0.465 e. The lowest BCUT2D eigenvalue weighted by Gasteiger charge is -2.72. The van der Waals surface area contributed by atoms with E-state index in [-0.39, 0.29) is 44.5 Å². The number of allylic oxidation sites excluding steroid dienone is 3. The maximum atomic E-state index is 12.2. The second-order valence-electron chi connectivity index (χ2n) is 19.8. The summed E-state index contributed by atoms with van der Waals surface area (Å²) in [5.74, 6) is 4.12. The number of nitrogens with zero attached hydrogens (tertiary/aromatic N) is 4. The lowest BCUT2D eigenvalue weighted by atomic mass is 9.32. The third-order valence-corrected chi connectivity index (χ3v) is 18.9. The molecular weight excluding hydrogens is 693 g/mol. The van der Waals surface area contributed by atoms with Crippen LogP contribution in [0, 0.1) is 51.2 Å². The Bertz CT molecular complexity index is 1940. The molecular formula is C45H64N4O4S. The zero-order valence-corrected chi connectivity index (χ0v) is 34.8. The van der Waals surface area contributed by atoms with Crippen LogP contribution in [0.3, 0.4) is 0 Å². The van der Waals surface area contributed by atoms with Crippen molar-refractivity contribution in [1.82, 2.24) is 19.7 Å². The van der Waals surface area contributed by atoms with E-state index < -0.39 is 9.84 Å². The van der Waals surface area contributed by atoms with Crippen LogP contribution in [-0.4, -0.2) is 72.3 Å². The second-order valence-corrected chi connectivity index (χ2v) is 22.1. The maximum absolute atomic E-state index is 12.2. The molecule has 0 radical (unpaired) electrons.